The number of hydrogen-bond acceptors (Lipinski definition) is 2. The quantitative estimate of drug-likeness (QED) is 0.681. The van der Waals surface area contributed by atoms with Gasteiger partial charge in [-0.05, 0) is 0 Å². The first-order valence-electron chi connectivity index (χ1n) is 2.30. The number of nitrogens with zero attached hydrogens (tertiary/aromatic N) is 2. The Labute approximate surface area is 72.8 Å². The molecule has 4 nitrogen and oxygen atoms in total. The zero-order valence-electron chi connectivity index (χ0n) is 4.62. The zero-order chi connectivity index (χ0) is 7.72. The molecular weight excluding hydrogens is 268 g/mol. The van der Waals surface area contributed by atoms with Crippen molar-refractivity contribution in [2.75, 3.05) is 0 Å². The van der Waals surface area contributed by atoms with E-state index in [0.717, 1.165) is 7.19 Å². The van der Waals surface area contributed by atoms with Crippen molar-refractivity contribution in [2.24, 2.45) is 0 Å². The number of rotatable bonds is 0. The molecule has 0 aliphatic carbocycles. The van der Waals surface area contributed by atoms with Gasteiger partial charge in [-0.15, -0.1) is 0 Å². The second kappa shape index (κ2) is 2.71. The molecule has 1 rings (SSSR count). The fraction of sp³-hybridized carbons (Fsp3) is 0. The van der Waals surface area contributed by atoms with Gasteiger partial charge in [0.1, 0.15) is 0 Å². The molecule has 0 radical (unpaired) electrons. The number of halogens is 2. The molecule has 0 N–H and O–H groups in total. The van der Waals surface area contributed by atoms with Crippen molar-refractivity contribution in [3.05, 3.63) is 33.1 Å². The van der Waals surface area contributed by atoms with E-state index < -0.39 is 5.69 Å². The highest BCUT2D eigenvalue weighted by atomic mass is 79.9. The molecule has 0 fully saturated rings. The summed E-state index contributed by atoms with van der Waals surface area (Å²) in [7, 11) is 0. The molecule has 6 heteroatoms. The van der Waals surface area contributed by atoms with Gasteiger partial charge < -0.3 is 0 Å². The van der Waals surface area contributed by atoms with E-state index in [1.54, 1.807) is 0 Å². The van der Waals surface area contributed by atoms with Gasteiger partial charge in [-0.3, -0.25) is 4.79 Å². The molecule has 0 spiro atoms. The third-order valence-corrected chi connectivity index (χ3v) is 2.08. The summed E-state index contributed by atoms with van der Waals surface area (Å²) >= 11 is 5.67. The van der Waals surface area contributed by atoms with E-state index in [-0.39, 0.29) is 5.56 Å². The lowest BCUT2D eigenvalue weighted by Gasteiger charge is -1.93. The fourth-order valence-electron chi connectivity index (χ4n) is 0.437. The van der Waals surface area contributed by atoms with Crippen molar-refractivity contribution in [3.8, 4) is 0 Å². The maximum absolute atomic E-state index is 10.8. The Kier molecular flexibility index (Phi) is 2.10. The van der Waals surface area contributed by atoms with E-state index >= 15 is 0 Å². The van der Waals surface area contributed by atoms with Crippen LogP contribution in [0.4, 0.5) is 0 Å². The van der Waals surface area contributed by atoms with Gasteiger partial charge in [0, 0.05) is 12.3 Å². The summed E-state index contributed by atoms with van der Waals surface area (Å²) in [4.78, 5) is 21.5. The van der Waals surface area contributed by atoms with Crippen LogP contribution in [0.25, 0.3) is 0 Å². The highest BCUT2D eigenvalue weighted by Gasteiger charge is 1.97. The molecule has 1 heterocycles. The Morgan fingerprint density at radius 3 is 2.40 bits per heavy atom. The molecule has 1 aromatic rings. The number of aromatic nitrogens is 2. The van der Waals surface area contributed by atoms with Crippen LogP contribution in [0.3, 0.4) is 0 Å². The van der Waals surface area contributed by atoms with Crippen molar-refractivity contribution in [3.63, 3.8) is 0 Å². The van der Waals surface area contributed by atoms with Crippen LogP contribution in [0.2, 0.25) is 0 Å². The van der Waals surface area contributed by atoms with Crippen molar-refractivity contribution in [1.82, 2.24) is 7.19 Å². The second-order valence-corrected chi connectivity index (χ2v) is 3.00. The molecule has 0 saturated carbocycles. The molecule has 0 atom stereocenters. The van der Waals surface area contributed by atoms with Crippen LogP contribution in [0, 0.1) is 0 Å². The molecule has 54 valence electrons. The van der Waals surface area contributed by atoms with E-state index in [4.69, 9.17) is 0 Å². The SMILES string of the molecule is O=c1ccn(Br)c(=O)n1Br. The molecule has 0 amide bonds. The van der Waals surface area contributed by atoms with Crippen LogP contribution in [0.1, 0.15) is 0 Å². The summed E-state index contributed by atoms with van der Waals surface area (Å²) in [5.41, 5.74) is -0.854. The van der Waals surface area contributed by atoms with Gasteiger partial charge in [0.25, 0.3) is 5.56 Å². The smallest absolute Gasteiger partial charge is 0.268 e. The lowest BCUT2D eigenvalue weighted by atomic mass is 10.7. The predicted octanol–water partition coefficient (Wildman–Crippen LogP) is 0.326. The van der Waals surface area contributed by atoms with E-state index in [0.29, 0.717) is 0 Å². The molecule has 0 unspecified atom stereocenters. The first-order chi connectivity index (χ1) is 4.63. The van der Waals surface area contributed by atoms with Crippen molar-refractivity contribution < 1.29 is 0 Å². The first kappa shape index (κ1) is 7.74. The Balaban J connectivity index is 3.66. The molecule has 0 aromatic carbocycles. The maximum atomic E-state index is 10.8. The monoisotopic (exact) mass is 268 g/mol. The zero-order valence-corrected chi connectivity index (χ0v) is 7.79. The van der Waals surface area contributed by atoms with Gasteiger partial charge in [0.15, 0.2) is 0 Å². The van der Waals surface area contributed by atoms with Gasteiger partial charge >= 0.3 is 5.69 Å². The second-order valence-electron chi connectivity index (χ2n) is 1.53. The molecule has 0 bridgehead atoms. The Hall–Kier alpha value is -0.360. The summed E-state index contributed by atoms with van der Waals surface area (Å²) in [6.07, 6.45) is 1.34. The predicted molar refractivity (Wildman–Crippen MR) is 43.6 cm³/mol. The van der Waals surface area contributed by atoms with Crippen molar-refractivity contribution in [2.45, 2.75) is 0 Å². The third kappa shape index (κ3) is 1.22. The summed E-state index contributed by atoms with van der Waals surface area (Å²) in [5, 5.41) is 0. The average Bonchev–Trinajstić information content (AvgIpc) is 1.93. The van der Waals surface area contributed by atoms with Gasteiger partial charge in [-0.2, -0.15) is 3.59 Å². The topological polar surface area (TPSA) is 44.0 Å². The molecule has 10 heavy (non-hydrogen) atoms. The van der Waals surface area contributed by atoms with Gasteiger partial charge in [0.05, 0.1) is 32.3 Å². The minimum absolute atomic E-state index is 0.388. The summed E-state index contributed by atoms with van der Waals surface area (Å²) in [6, 6.07) is 1.25. The highest BCUT2D eigenvalue weighted by Crippen LogP contribution is 1.84. The average molecular weight is 270 g/mol. The van der Waals surface area contributed by atoms with Crippen LogP contribution in [0.5, 0.6) is 0 Å². The van der Waals surface area contributed by atoms with Gasteiger partial charge in [0.2, 0.25) is 0 Å². The largest absolute Gasteiger partial charge is 0.351 e. The van der Waals surface area contributed by atoms with Crippen LogP contribution in [0.15, 0.2) is 21.9 Å². The minimum atomic E-state index is -0.465. The van der Waals surface area contributed by atoms with Crippen LogP contribution >= 0.6 is 32.3 Å². The third-order valence-electron chi connectivity index (χ3n) is 0.892. The summed E-state index contributed by atoms with van der Waals surface area (Å²) in [5.74, 6) is 0. The lowest BCUT2D eigenvalue weighted by molar-refractivity contribution is 0.966. The molecule has 0 saturated heterocycles. The maximum Gasteiger partial charge on any atom is 0.351 e. The van der Waals surface area contributed by atoms with E-state index in [1.807, 2.05) is 0 Å². The minimum Gasteiger partial charge on any atom is -0.268 e. The summed E-state index contributed by atoms with van der Waals surface area (Å²) in [6.45, 7) is 0. The summed E-state index contributed by atoms with van der Waals surface area (Å²) < 4.78 is 1.94. The number of hydrogen-bond donors (Lipinski definition) is 0. The van der Waals surface area contributed by atoms with E-state index in [2.05, 4.69) is 32.3 Å². The molecular formula is C4H2Br2N2O2. The molecule has 0 aliphatic rings. The highest BCUT2D eigenvalue weighted by molar-refractivity contribution is 9.08. The van der Waals surface area contributed by atoms with Crippen molar-refractivity contribution in [1.29, 1.82) is 0 Å². The molecule has 1 aromatic heterocycles. The van der Waals surface area contributed by atoms with E-state index in [1.165, 1.54) is 12.3 Å². The van der Waals surface area contributed by atoms with Crippen LogP contribution < -0.4 is 11.2 Å². The standard InChI is InChI=1S/C4H2Br2N2O2/c5-7-2-1-3(9)8(6)4(7)10/h1-2H. The fourth-order valence-corrected chi connectivity index (χ4v) is 1.22. The van der Waals surface area contributed by atoms with Crippen LogP contribution in [-0.2, 0) is 0 Å². The Morgan fingerprint density at radius 2 is 1.90 bits per heavy atom. The molecule has 0 aliphatic heterocycles. The Bertz CT molecular complexity index is 353. The normalized spacial score (nSPS) is 9.80. The van der Waals surface area contributed by atoms with Crippen LogP contribution in [-0.4, -0.2) is 7.19 Å². The van der Waals surface area contributed by atoms with E-state index in [9.17, 15) is 9.59 Å². The van der Waals surface area contributed by atoms with Crippen molar-refractivity contribution >= 4 is 32.3 Å². The van der Waals surface area contributed by atoms with Gasteiger partial charge in [-0.1, -0.05) is 0 Å². The Morgan fingerprint density at radius 1 is 1.30 bits per heavy atom. The lowest BCUT2D eigenvalue weighted by Crippen LogP contribution is -2.30. The first-order valence-corrected chi connectivity index (χ1v) is 3.72. The van der Waals surface area contributed by atoms with Gasteiger partial charge in [-0.25, -0.2) is 8.39 Å².